The molecule has 0 spiro atoms. The Morgan fingerprint density at radius 2 is 1.95 bits per heavy atom. The van der Waals surface area contributed by atoms with Crippen LogP contribution in [0.4, 0.5) is 10.2 Å². The topological polar surface area (TPSA) is 93.6 Å². The molecule has 0 saturated carbocycles. The Morgan fingerprint density at radius 1 is 1.21 bits per heavy atom. The second-order valence-corrected chi connectivity index (χ2v) is 4.12. The Hall–Kier alpha value is -2.41. The molecule has 2 heterocycles. The summed E-state index contributed by atoms with van der Waals surface area (Å²) >= 11 is 5.70. The van der Waals surface area contributed by atoms with Crippen LogP contribution in [0.1, 0.15) is 0 Å². The first-order valence-corrected chi connectivity index (χ1v) is 5.61. The van der Waals surface area contributed by atoms with Crippen molar-refractivity contribution in [1.29, 1.82) is 0 Å². The van der Waals surface area contributed by atoms with Gasteiger partial charge in [-0.15, -0.1) is 10.2 Å². The van der Waals surface area contributed by atoms with Crippen molar-refractivity contribution in [2.75, 3.05) is 5.73 Å². The molecule has 0 atom stereocenters. The highest BCUT2D eigenvalue weighted by Gasteiger charge is 2.17. The number of nitrogens with one attached hydrogen (secondary N) is 1. The van der Waals surface area contributed by atoms with Gasteiger partial charge in [-0.2, -0.15) is 5.10 Å². The summed E-state index contributed by atoms with van der Waals surface area (Å²) in [6, 6.07) is 4.53. The number of nitrogens with zero attached hydrogens (tertiary/aromatic N) is 3. The van der Waals surface area contributed by atoms with Crippen LogP contribution in [0.15, 0.2) is 28.8 Å². The number of nitrogens with two attached hydrogens (primary N) is 1. The average Bonchev–Trinajstić information content (AvgIpc) is 3.01. The minimum atomic E-state index is -0.612. The number of hydrogen-bond acceptors (Lipinski definition) is 5. The molecule has 0 saturated heterocycles. The second-order valence-electron chi connectivity index (χ2n) is 3.71. The molecule has 0 aliphatic rings. The summed E-state index contributed by atoms with van der Waals surface area (Å²) in [5, 5.41) is 13.8. The van der Waals surface area contributed by atoms with Gasteiger partial charge in [0.05, 0.1) is 16.8 Å². The number of rotatable bonds is 2. The van der Waals surface area contributed by atoms with Gasteiger partial charge in [0.15, 0.2) is 5.82 Å². The lowest BCUT2D eigenvalue weighted by atomic mass is 10.2. The van der Waals surface area contributed by atoms with Crippen LogP contribution in [0, 0.1) is 5.82 Å². The van der Waals surface area contributed by atoms with Crippen molar-refractivity contribution in [3.63, 3.8) is 0 Å². The highest BCUT2D eigenvalue weighted by molar-refractivity contribution is 6.31. The van der Waals surface area contributed by atoms with E-state index in [-0.39, 0.29) is 22.4 Å². The number of aromatic amines is 1. The molecule has 0 aliphatic carbocycles. The predicted octanol–water partition coefficient (Wildman–Crippen LogP) is 2.50. The molecule has 6 nitrogen and oxygen atoms in total. The van der Waals surface area contributed by atoms with Crippen molar-refractivity contribution in [2.24, 2.45) is 0 Å². The summed E-state index contributed by atoms with van der Waals surface area (Å²) in [4.78, 5) is 0. The Bertz CT molecular complexity index is 738. The maximum absolute atomic E-state index is 13.8. The largest absolute Gasteiger partial charge is 0.416 e. The van der Waals surface area contributed by atoms with Crippen LogP contribution in [-0.2, 0) is 0 Å². The molecule has 3 aromatic rings. The molecule has 2 aromatic heterocycles. The highest BCUT2D eigenvalue weighted by atomic mass is 35.5. The molecule has 0 unspecified atom stereocenters. The van der Waals surface area contributed by atoms with Crippen molar-refractivity contribution >= 4 is 17.4 Å². The number of nitrogen functional groups attached to an aromatic ring is 1. The Morgan fingerprint density at radius 3 is 2.63 bits per heavy atom. The molecule has 8 heteroatoms. The van der Waals surface area contributed by atoms with Crippen LogP contribution >= 0.6 is 11.6 Å². The van der Waals surface area contributed by atoms with Crippen molar-refractivity contribution in [1.82, 2.24) is 20.4 Å². The van der Waals surface area contributed by atoms with Crippen LogP contribution < -0.4 is 5.73 Å². The maximum Gasteiger partial charge on any atom is 0.253 e. The first-order chi connectivity index (χ1) is 9.16. The van der Waals surface area contributed by atoms with Crippen LogP contribution in [0.2, 0.25) is 5.02 Å². The monoisotopic (exact) mass is 279 g/mol. The van der Waals surface area contributed by atoms with E-state index in [0.29, 0.717) is 11.4 Å². The minimum absolute atomic E-state index is 0.0138. The zero-order chi connectivity index (χ0) is 13.4. The third kappa shape index (κ3) is 1.93. The lowest BCUT2D eigenvalue weighted by molar-refractivity contribution is 0.571. The fourth-order valence-electron chi connectivity index (χ4n) is 1.58. The summed E-state index contributed by atoms with van der Waals surface area (Å²) in [5.74, 6) is -0.141. The summed E-state index contributed by atoms with van der Waals surface area (Å²) in [5.41, 5.74) is 6.23. The van der Waals surface area contributed by atoms with Crippen molar-refractivity contribution < 1.29 is 8.81 Å². The van der Waals surface area contributed by atoms with Crippen molar-refractivity contribution in [2.45, 2.75) is 0 Å². The van der Waals surface area contributed by atoms with Gasteiger partial charge in [0.2, 0.25) is 0 Å². The van der Waals surface area contributed by atoms with Gasteiger partial charge in [0.25, 0.3) is 11.8 Å². The van der Waals surface area contributed by atoms with Crippen LogP contribution in [0.25, 0.3) is 22.9 Å². The maximum atomic E-state index is 13.8. The Balaban J connectivity index is 2.07. The van der Waals surface area contributed by atoms with Crippen LogP contribution in [0.5, 0.6) is 0 Å². The molecule has 1 aromatic carbocycles. The van der Waals surface area contributed by atoms with E-state index in [9.17, 15) is 4.39 Å². The van der Waals surface area contributed by atoms with E-state index in [2.05, 4.69) is 20.4 Å². The quantitative estimate of drug-likeness (QED) is 0.751. The first-order valence-electron chi connectivity index (χ1n) is 5.24. The van der Waals surface area contributed by atoms with Crippen molar-refractivity contribution in [3.05, 3.63) is 35.2 Å². The van der Waals surface area contributed by atoms with Gasteiger partial charge >= 0.3 is 0 Å². The molecule has 19 heavy (non-hydrogen) atoms. The molecular formula is C11H7ClFN5O. The molecular weight excluding hydrogens is 273 g/mol. The van der Waals surface area contributed by atoms with E-state index < -0.39 is 5.82 Å². The van der Waals surface area contributed by atoms with E-state index in [4.69, 9.17) is 21.8 Å². The summed E-state index contributed by atoms with van der Waals surface area (Å²) in [7, 11) is 0. The number of hydrogen-bond donors (Lipinski definition) is 2. The second kappa shape index (κ2) is 4.36. The van der Waals surface area contributed by atoms with Crippen LogP contribution in [0.3, 0.4) is 0 Å². The third-order valence-electron chi connectivity index (χ3n) is 2.51. The van der Waals surface area contributed by atoms with E-state index in [1.165, 1.54) is 18.3 Å². The zero-order valence-electron chi connectivity index (χ0n) is 9.39. The summed E-state index contributed by atoms with van der Waals surface area (Å²) in [6.07, 6.45) is 1.45. The molecule has 96 valence electrons. The molecule has 0 aliphatic heterocycles. The third-order valence-corrected chi connectivity index (χ3v) is 2.80. The van der Waals surface area contributed by atoms with E-state index in [1.54, 1.807) is 6.07 Å². The van der Waals surface area contributed by atoms with Gasteiger partial charge < -0.3 is 10.2 Å². The van der Waals surface area contributed by atoms with E-state index >= 15 is 0 Å². The van der Waals surface area contributed by atoms with Gasteiger partial charge in [-0.3, -0.25) is 5.10 Å². The fourth-order valence-corrected chi connectivity index (χ4v) is 1.75. The molecule has 0 amide bonds. The van der Waals surface area contributed by atoms with Gasteiger partial charge in [0.1, 0.15) is 11.4 Å². The normalized spacial score (nSPS) is 10.8. The van der Waals surface area contributed by atoms with Gasteiger partial charge in [-0.25, -0.2) is 4.39 Å². The van der Waals surface area contributed by atoms with Gasteiger partial charge in [-0.1, -0.05) is 17.7 Å². The standard InChI is InChI=1S/C11H7ClFN5O/c12-7-3-1-2-5(8(7)13)10-17-18-11(19-10)6-4-15-16-9(6)14/h1-4H,(H3,14,15,16). The zero-order valence-corrected chi connectivity index (χ0v) is 10.1. The molecule has 0 fully saturated rings. The first kappa shape index (κ1) is 11.7. The predicted molar refractivity (Wildman–Crippen MR) is 66.7 cm³/mol. The number of anilines is 1. The SMILES string of the molecule is Nc1[nH]ncc1-c1nnc(-c2cccc(Cl)c2F)o1. The fraction of sp³-hybridized carbons (Fsp3) is 0. The lowest BCUT2D eigenvalue weighted by Gasteiger charge is -1.98. The summed E-state index contributed by atoms with van der Waals surface area (Å²) < 4.78 is 19.2. The number of H-pyrrole nitrogens is 1. The Labute approximate surface area is 111 Å². The number of aromatic nitrogens is 4. The highest BCUT2D eigenvalue weighted by Crippen LogP contribution is 2.29. The van der Waals surface area contributed by atoms with Crippen LogP contribution in [-0.4, -0.2) is 20.4 Å². The molecule has 3 N–H and O–H groups in total. The van der Waals surface area contributed by atoms with E-state index in [1.807, 2.05) is 0 Å². The molecule has 3 rings (SSSR count). The number of benzene rings is 1. The molecule has 0 radical (unpaired) electrons. The lowest BCUT2D eigenvalue weighted by Crippen LogP contribution is -1.87. The van der Waals surface area contributed by atoms with E-state index in [0.717, 1.165) is 0 Å². The van der Waals surface area contributed by atoms with Gasteiger partial charge in [-0.05, 0) is 12.1 Å². The Kier molecular flexibility index (Phi) is 2.68. The smallest absolute Gasteiger partial charge is 0.253 e. The number of halogens is 2. The van der Waals surface area contributed by atoms with Gasteiger partial charge in [0, 0.05) is 0 Å². The molecule has 0 bridgehead atoms. The minimum Gasteiger partial charge on any atom is -0.416 e. The van der Waals surface area contributed by atoms with Crippen molar-refractivity contribution in [3.8, 4) is 22.9 Å². The average molecular weight is 280 g/mol. The summed E-state index contributed by atoms with van der Waals surface area (Å²) in [6.45, 7) is 0.